The monoisotopic (exact) mass is 515 g/mol. The summed E-state index contributed by atoms with van der Waals surface area (Å²) in [5.41, 5.74) is 11.4. The van der Waals surface area contributed by atoms with Crippen LogP contribution < -0.4 is 11.1 Å². The van der Waals surface area contributed by atoms with E-state index in [4.69, 9.17) is 10.7 Å². The van der Waals surface area contributed by atoms with E-state index in [1.807, 2.05) is 19.2 Å². The second-order valence-electron chi connectivity index (χ2n) is 9.88. The molecule has 0 spiro atoms. The molecular weight excluding hydrogens is 482 g/mol. The van der Waals surface area contributed by atoms with Crippen LogP contribution in [0, 0.1) is 6.92 Å². The van der Waals surface area contributed by atoms with Crippen LogP contribution in [-0.4, -0.2) is 35.5 Å². The Morgan fingerprint density at radius 3 is 2.46 bits per heavy atom. The number of anilines is 1. The summed E-state index contributed by atoms with van der Waals surface area (Å²) in [6.45, 7) is 4.04. The lowest BCUT2D eigenvalue weighted by Gasteiger charge is -2.26. The van der Waals surface area contributed by atoms with Gasteiger partial charge in [0.15, 0.2) is 9.84 Å². The Balaban J connectivity index is 1.41. The number of sulfone groups is 1. The lowest BCUT2D eigenvalue weighted by molar-refractivity contribution is 0.410. The molecule has 0 amide bonds. The van der Waals surface area contributed by atoms with Crippen molar-refractivity contribution in [3.8, 4) is 11.1 Å². The van der Waals surface area contributed by atoms with Gasteiger partial charge in [0.25, 0.3) is 0 Å². The van der Waals surface area contributed by atoms with Crippen LogP contribution >= 0.6 is 0 Å². The standard InChI is InChI=1S/C29H33N5O2S/c1-3-20-15-21(16-22-17-31-29(34-28(20)22)33-24-11-9-23(30)10-12-24)27-14-13-25(32-19(27)2)18-37(35,36)26-7-5-4-6-8-26/h4-8,13-17,23-24H,3,9-12,18,30H2,1-2H3,(H,31,33,34). The molecule has 1 fully saturated rings. The van der Waals surface area contributed by atoms with Crippen LogP contribution in [0.3, 0.4) is 0 Å². The third-order valence-electron chi connectivity index (χ3n) is 7.14. The summed E-state index contributed by atoms with van der Waals surface area (Å²) in [5.74, 6) is 0.532. The van der Waals surface area contributed by atoms with Gasteiger partial charge >= 0.3 is 0 Å². The first-order valence-corrected chi connectivity index (χ1v) is 14.5. The van der Waals surface area contributed by atoms with Crippen molar-refractivity contribution in [3.63, 3.8) is 0 Å². The van der Waals surface area contributed by atoms with Crippen molar-refractivity contribution in [2.75, 3.05) is 5.32 Å². The minimum Gasteiger partial charge on any atom is -0.351 e. The van der Waals surface area contributed by atoms with Crippen LogP contribution in [0.4, 0.5) is 5.95 Å². The molecule has 1 aliphatic rings. The average molecular weight is 516 g/mol. The number of nitrogens with two attached hydrogens (primary N) is 1. The highest BCUT2D eigenvalue weighted by Gasteiger charge is 2.20. The fraction of sp³-hybridized carbons (Fsp3) is 0.345. The van der Waals surface area contributed by atoms with Crippen molar-refractivity contribution in [3.05, 3.63) is 77.7 Å². The predicted molar refractivity (Wildman–Crippen MR) is 148 cm³/mol. The number of pyridine rings is 1. The van der Waals surface area contributed by atoms with Crippen LogP contribution in [0.2, 0.25) is 0 Å². The van der Waals surface area contributed by atoms with Crippen LogP contribution in [0.15, 0.2) is 65.7 Å². The molecule has 0 radical (unpaired) electrons. The van der Waals surface area contributed by atoms with E-state index in [1.165, 1.54) is 0 Å². The van der Waals surface area contributed by atoms with Crippen molar-refractivity contribution in [2.24, 2.45) is 5.73 Å². The number of fused-ring (bicyclic) bond motifs is 1. The normalized spacial score (nSPS) is 18.1. The van der Waals surface area contributed by atoms with Gasteiger partial charge in [0, 0.05) is 34.9 Å². The summed E-state index contributed by atoms with van der Waals surface area (Å²) < 4.78 is 25.6. The quantitative estimate of drug-likeness (QED) is 0.347. The molecule has 37 heavy (non-hydrogen) atoms. The lowest BCUT2D eigenvalue weighted by Crippen LogP contribution is -2.33. The van der Waals surface area contributed by atoms with Gasteiger partial charge in [-0.15, -0.1) is 0 Å². The first-order chi connectivity index (χ1) is 17.8. The first kappa shape index (κ1) is 25.3. The fourth-order valence-electron chi connectivity index (χ4n) is 5.06. The second-order valence-corrected chi connectivity index (χ2v) is 11.9. The third-order valence-corrected chi connectivity index (χ3v) is 8.81. The Labute approximate surface area is 218 Å². The van der Waals surface area contributed by atoms with E-state index >= 15 is 0 Å². The highest BCUT2D eigenvalue weighted by molar-refractivity contribution is 7.90. The number of nitrogens with zero attached hydrogens (tertiary/aromatic N) is 3. The molecule has 0 unspecified atom stereocenters. The van der Waals surface area contributed by atoms with E-state index < -0.39 is 9.84 Å². The molecule has 2 aromatic carbocycles. The molecule has 1 aliphatic carbocycles. The van der Waals surface area contributed by atoms with Gasteiger partial charge in [-0.1, -0.05) is 31.2 Å². The average Bonchev–Trinajstić information content (AvgIpc) is 2.90. The molecular formula is C29H33N5O2S. The van der Waals surface area contributed by atoms with Crippen LogP contribution in [0.25, 0.3) is 22.0 Å². The maximum Gasteiger partial charge on any atom is 0.223 e. The minimum absolute atomic E-state index is 0.132. The van der Waals surface area contributed by atoms with Crippen molar-refractivity contribution >= 4 is 26.7 Å². The minimum atomic E-state index is -3.46. The summed E-state index contributed by atoms with van der Waals surface area (Å²) in [5, 5.41) is 4.47. The van der Waals surface area contributed by atoms with Gasteiger partial charge < -0.3 is 11.1 Å². The molecule has 0 bridgehead atoms. The van der Waals surface area contributed by atoms with Crippen LogP contribution in [0.5, 0.6) is 0 Å². The molecule has 5 rings (SSSR count). The number of aryl methyl sites for hydroxylation is 2. The molecule has 192 valence electrons. The smallest absolute Gasteiger partial charge is 0.223 e. The summed E-state index contributed by atoms with van der Waals surface area (Å²) in [4.78, 5) is 14.4. The molecule has 4 aromatic rings. The van der Waals surface area contributed by atoms with E-state index in [-0.39, 0.29) is 5.75 Å². The molecule has 2 heterocycles. The zero-order valence-electron chi connectivity index (χ0n) is 21.3. The van der Waals surface area contributed by atoms with Gasteiger partial charge in [0.05, 0.1) is 21.9 Å². The Kier molecular flexibility index (Phi) is 7.22. The van der Waals surface area contributed by atoms with Gasteiger partial charge in [-0.2, -0.15) is 0 Å². The number of rotatable bonds is 7. The SMILES string of the molecule is CCc1cc(-c2ccc(CS(=O)(=O)c3ccccc3)nc2C)cc2cnc(NC3CCC(N)CC3)nc12. The lowest BCUT2D eigenvalue weighted by atomic mass is 9.92. The van der Waals surface area contributed by atoms with E-state index in [0.717, 1.165) is 65.4 Å². The van der Waals surface area contributed by atoms with Gasteiger partial charge in [-0.3, -0.25) is 4.98 Å². The number of aromatic nitrogens is 3. The van der Waals surface area contributed by atoms with Crippen molar-refractivity contribution in [1.29, 1.82) is 0 Å². The molecule has 1 saturated carbocycles. The van der Waals surface area contributed by atoms with Gasteiger partial charge in [-0.05, 0) is 80.5 Å². The summed E-state index contributed by atoms with van der Waals surface area (Å²) in [7, 11) is -3.46. The summed E-state index contributed by atoms with van der Waals surface area (Å²) in [6.07, 6.45) is 6.84. The number of nitrogens with one attached hydrogen (secondary N) is 1. The maximum absolute atomic E-state index is 12.8. The number of hydrogen-bond acceptors (Lipinski definition) is 7. The Morgan fingerprint density at radius 1 is 1.00 bits per heavy atom. The van der Waals surface area contributed by atoms with Crippen molar-refractivity contribution in [2.45, 2.75) is 68.7 Å². The van der Waals surface area contributed by atoms with Gasteiger partial charge in [0.1, 0.15) is 0 Å². The molecule has 0 saturated heterocycles. The predicted octanol–water partition coefficient (Wildman–Crippen LogP) is 5.22. The first-order valence-electron chi connectivity index (χ1n) is 12.9. The maximum atomic E-state index is 12.8. The molecule has 2 aromatic heterocycles. The summed E-state index contributed by atoms with van der Waals surface area (Å²) >= 11 is 0. The molecule has 7 nitrogen and oxygen atoms in total. The topological polar surface area (TPSA) is 111 Å². The molecule has 8 heteroatoms. The van der Waals surface area contributed by atoms with E-state index in [1.54, 1.807) is 36.4 Å². The fourth-order valence-corrected chi connectivity index (χ4v) is 6.35. The molecule has 0 atom stereocenters. The van der Waals surface area contributed by atoms with Crippen LogP contribution in [0.1, 0.15) is 49.6 Å². The Bertz CT molecular complexity index is 1510. The van der Waals surface area contributed by atoms with Crippen molar-refractivity contribution in [1.82, 2.24) is 15.0 Å². The van der Waals surface area contributed by atoms with Crippen LogP contribution in [-0.2, 0) is 22.0 Å². The zero-order chi connectivity index (χ0) is 26.0. The number of hydrogen-bond donors (Lipinski definition) is 2. The zero-order valence-corrected chi connectivity index (χ0v) is 22.1. The van der Waals surface area contributed by atoms with Gasteiger partial charge in [-0.25, -0.2) is 18.4 Å². The second kappa shape index (κ2) is 10.6. The highest BCUT2D eigenvalue weighted by atomic mass is 32.2. The Morgan fingerprint density at radius 2 is 1.76 bits per heavy atom. The Hall–Kier alpha value is -3.36. The van der Waals surface area contributed by atoms with E-state index in [2.05, 4.69) is 34.3 Å². The summed E-state index contributed by atoms with van der Waals surface area (Å²) in [6, 6.07) is 17.2. The third kappa shape index (κ3) is 5.65. The number of benzene rings is 2. The highest BCUT2D eigenvalue weighted by Crippen LogP contribution is 2.30. The molecule has 3 N–H and O–H groups in total. The van der Waals surface area contributed by atoms with E-state index in [0.29, 0.717) is 28.6 Å². The van der Waals surface area contributed by atoms with Crippen molar-refractivity contribution < 1.29 is 8.42 Å². The van der Waals surface area contributed by atoms with Gasteiger partial charge in [0.2, 0.25) is 5.95 Å². The molecule has 0 aliphatic heterocycles. The largest absolute Gasteiger partial charge is 0.351 e. The van der Waals surface area contributed by atoms with E-state index in [9.17, 15) is 8.42 Å².